The van der Waals surface area contributed by atoms with E-state index < -0.39 is 9.84 Å². The van der Waals surface area contributed by atoms with Crippen molar-refractivity contribution in [3.63, 3.8) is 0 Å². The van der Waals surface area contributed by atoms with Gasteiger partial charge in [0.1, 0.15) is 9.84 Å². The van der Waals surface area contributed by atoms with Gasteiger partial charge in [0.05, 0.1) is 11.4 Å². The second kappa shape index (κ2) is 7.34. The Labute approximate surface area is 106 Å². The zero-order valence-electron chi connectivity index (χ0n) is 11.5. The molecule has 0 aromatic heterocycles. The van der Waals surface area contributed by atoms with E-state index in [4.69, 9.17) is 10.5 Å². The smallest absolute Gasteiger partial charge is 0.150 e. The van der Waals surface area contributed by atoms with Crippen LogP contribution in [0.2, 0.25) is 0 Å². The minimum Gasteiger partial charge on any atom is -0.374 e. The average molecular weight is 265 g/mol. The number of sulfone groups is 1. The van der Waals surface area contributed by atoms with Gasteiger partial charge in [0, 0.05) is 18.4 Å². The molecule has 0 amide bonds. The molecule has 0 radical (unpaired) electrons. The van der Waals surface area contributed by atoms with Gasteiger partial charge in [-0.15, -0.1) is 0 Å². The standard InChI is InChI=1S/C12H27NO3S/c1-5-12(4,16-6-2)11(13)9-8-10-17(14,15)7-3/h11H,5-10,13H2,1-4H3. The highest BCUT2D eigenvalue weighted by molar-refractivity contribution is 7.91. The molecule has 0 bridgehead atoms. The van der Waals surface area contributed by atoms with Crippen molar-refractivity contribution >= 4 is 9.84 Å². The van der Waals surface area contributed by atoms with Gasteiger partial charge in [-0.25, -0.2) is 8.42 Å². The van der Waals surface area contributed by atoms with E-state index in [1.165, 1.54) is 0 Å². The molecule has 0 saturated heterocycles. The molecule has 2 atom stereocenters. The summed E-state index contributed by atoms with van der Waals surface area (Å²) in [6.45, 7) is 8.28. The van der Waals surface area contributed by atoms with Gasteiger partial charge in [0.2, 0.25) is 0 Å². The molecule has 0 aliphatic rings. The summed E-state index contributed by atoms with van der Waals surface area (Å²) in [6.07, 6.45) is 2.13. The summed E-state index contributed by atoms with van der Waals surface area (Å²) in [7, 11) is -2.88. The lowest BCUT2D eigenvalue weighted by Gasteiger charge is -2.34. The lowest BCUT2D eigenvalue weighted by Crippen LogP contribution is -2.47. The van der Waals surface area contributed by atoms with Crippen LogP contribution in [0.25, 0.3) is 0 Å². The SMILES string of the molecule is CCOC(C)(CC)C(N)CCCS(=O)(=O)CC. The first-order chi connectivity index (χ1) is 7.81. The highest BCUT2D eigenvalue weighted by Gasteiger charge is 2.30. The van der Waals surface area contributed by atoms with Crippen molar-refractivity contribution in [2.24, 2.45) is 5.73 Å². The number of ether oxygens (including phenoxy) is 1. The molecule has 104 valence electrons. The van der Waals surface area contributed by atoms with Crippen molar-refractivity contribution < 1.29 is 13.2 Å². The van der Waals surface area contributed by atoms with Crippen LogP contribution in [-0.4, -0.2) is 38.2 Å². The van der Waals surface area contributed by atoms with Gasteiger partial charge < -0.3 is 10.5 Å². The Hall–Kier alpha value is -0.130. The highest BCUT2D eigenvalue weighted by Crippen LogP contribution is 2.22. The van der Waals surface area contributed by atoms with Crippen molar-refractivity contribution in [2.45, 2.75) is 58.6 Å². The highest BCUT2D eigenvalue weighted by atomic mass is 32.2. The fraction of sp³-hybridized carbons (Fsp3) is 1.00. The molecule has 0 aliphatic heterocycles. The predicted octanol–water partition coefficient (Wildman–Crippen LogP) is 1.73. The second-order valence-electron chi connectivity index (χ2n) is 4.58. The van der Waals surface area contributed by atoms with Crippen molar-refractivity contribution in [3.05, 3.63) is 0 Å². The molecule has 0 spiro atoms. The van der Waals surface area contributed by atoms with Crippen molar-refractivity contribution in [2.75, 3.05) is 18.1 Å². The summed E-state index contributed by atoms with van der Waals surface area (Å²) in [6, 6.07) is -0.112. The summed E-state index contributed by atoms with van der Waals surface area (Å²) >= 11 is 0. The monoisotopic (exact) mass is 265 g/mol. The molecule has 0 fully saturated rings. The zero-order valence-corrected chi connectivity index (χ0v) is 12.3. The number of nitrogens with two attached hydrogens (primary N) is 1. The summed E-state index contributed by atoms with van der Waals surface area (Å²) < 4.78 is 28.4. The molecule has 0 aliphatic carbocycles. The van der Waals surface area contributed by atoms with Gasteiger partial charge in [-0.1, -0.05) is 13.8 Å². The van der Waals surface area contributed by atoms with Crippen molar-refractivity contribution in [1.29, 1.82) is 0 Å². The Morgan fingerprint density at radius 2 is 1.88 bits per heavy atom. The lowest BCUT2D eigenvalue weighted by molar-refractivity contribution is -0.0480. The maximum absolute atomic E-state index is 11.4. The van der Waals surface area contributed by atoms with E-state index in [1.807, 2.05) is 20.8 Å². The van der Waals surface area contributed by atoms with Crippen LogP contribution < -0.4 is 5.73 Å². The van der Waals surface area contributed by atoms with E-state index in [9.17, 15) is 8.42 Å². The minimum atomic E-state index is -2.88. The third kappa shape index (κ3) is 5.84. The summed E-state index contributed by atoms with van der Waals surface area (Å²) in [4.78, 5) is 0. The maximum atomic E-state index is 11.4. The first-order valence-corrected chi connectivity index (χ1v) is 8.23. The molecular weight excluding hydrogens is 238 g/mol. The average Bonchev–Trinajstić information content (AvgIpc) is 2.28. The third-order valence-corrected chi connectivity index (χ3v) is 5.16. The number of hydrogen-bond acceptors (Lipinski definition) is 4. The largest absolute Gasteiger partial charge is 0.374 e. The van der Waals surface area contributed by atoms with Gasteiger partial charge in [0.15, 0.2) is 0 Å². The first kappa shape index (κ1) is 16.9. The lowest BCUT2D eigenvalue weighted by atomic mass is 9.90. The van der Waals surface area contributed by atoms with Crippen LogP contribution in [0.3, 0.4) is 0 Å². The minimum absolute atomic E-state index is 0.112. The third-order valence-electron chi connectivity index (χ3n) is 3.37. The predicted molar refractivity (Wildman–Crippen MR) is 71.9 cm³/mol. The molecule has 0 aromatic carbocycles. The van der Waals surface area contributed by atoms with E-state index >= 15 is 0 Å². The van der Waals surface area contributed by atoms with Crippen molar-refractivity contribution in [3.8, 4) is 0 Å². The van der Waals surface area contributed by atoms with Crippen LogP contribution in [0.5, 0.6) is 0 Å². The Morgan fingerprint density at radius 3 is 2.29 bits per heavy atom. The number of hydrogen-bond donors (Lipinski definition) is 1. The molecule has 2 N–H and O–H groups in total. The van der Waals surface area contributed by atoms with Gasteiger partial charge in [-0.05, 0) is 33.1 Å². The summed E-state index contributed by atoms with van der Waals surface area (Å²) in [5.41, 5.74) is 5.76. The zero-order chi connectivity index (χ0) is 13.5. The Morgan fingerprint density at radius 1 is 1.29 bits per heavy atom. The number of rotatable bonds is 9. The van der Waals surface area contributed by atoms with Crippen LogP contribution in [0.1, 0.15) is 47.0 Å². The normalized spacial score (nSPS) is 17.7. The molecule has 4 nitrogen and oxygen atoms in total. The van der Waals surface area contributed by atoms with Gasteiger partial charge in [0.25, 0.3) is 0 Å². The van der Waals surface area contributed by atoms with Gasteiger partial charge in [-0.2, -0.15) is 0 Å². The molecule has 0 aromatic rings. The molecule has 2 unspecified atom stereocenters. The molecule has 0 saturated carbocycles. The quantitative estimate of drug-likeness (QED) is 0.689. The second-order valence-corrected chi connectivity index (χ2v) is 7.06. The van der Waals surface area contributed by atoms with Crippen LogP contribution in [-0.2, 0) is 14.6 Å². The van der Waals surface area contributed by atoms with Crippen molar-refractivity contribution in [1.82, 2.24) is 0 Å². The van der Waals surface area contributed by atoms with E-state index in [0.717, 1.165) is 6.42 Å². The van der Waals surface area contributed by atoms with Crippen LogP contribution in [0, 0.1) is 0 Å². The first-order valence-electron chi connectivity index (χ1n) is 6.41. The molecular formula is C12H27NO3S. The Balaban J connectivity index is 4.21. The van der Waals surface area contributed by atoms with Gasteiger partial charge in [-0.3, -0.25) is 0 Å². The van der Waals surface area contributed by atoms with Crippen LogP contribution >= 0.6 is 0 Å². The Bertz CT molecular complexity index is 303. The fourth-order valence-corrected chi connectivity index (χ4v) is 2.67. The maximum Gasteiger partial charge on any atom is 0.150 e. The van der Waals surface area contributed by atoms with E-state index in [2.05, 4.69) is 0 Å². The van der Waals surface area contributed by atoms with Crippen LogP contribution in [0.15, 0.2) is 0 Å². The van der Waals surface area contributed by atoms with E-state index in [0.29, 0.717) is 19.4 Å². The molecule has 17 heavy (non-hydrogen) atoms. The molecule has 0 rings (SSSR count). The van der Waals surface area contributed by atoms with Gasteiger partial charge >= 0.3 is 0 Å². The van der Waals surface area contributed by atoms with E-state index in [-0.39, 0.29) is 23.1 Å². The summed E-state index contributed by atoms with van der Waals surface area (Å²) in [5.74, 6) is 0.432. The molecule has 5 heteroatoms. The fourth-order valence-electron chi connectivity index (χ4n) is 1.77. The van der Waals surface area contributed by atoms with E-state index in [1.54, 1.807) is 6.92 Å². The molecule has 0 heterocycles. The van der Waals surface area contributed by atoms with Crippen LogP contribution in [0.4, 0.5) is 0 Å². The Kier molecular flexibility index (Phi) is 7.28. The topological polar surface area (TPSA) is 69.4 Å². The summed E-state index contributed by atoms with van der Waals surface area (Å²) in [5, 5.41) is 0.